The van der Waals surface area contributed by atoms with Crippen molar-refractivity contribution in [2.75, 3.05) is 26.2 Å². The molecule has 0 spiro atoms. The molecule has 0 bridgehead atoms. The molecule has 1 N–H and O–H groups in total. The molecule has 0 aromatic carbocycles. The van der Waals surface area contributed by atoms with Crippen LogP contribution in [-0.2, 0) is 17.6 Å². The SMILES string of the molecule is CCc1nc(CC(=O)N2CCN([C@H]3CCC[C@H]3O)CC2)cs1. The monoisotopic (exact) mass is 323 g/mol. The van der Waals surface area contributed by atoms with Crippen LogP contribution in [-0.4, -0.2) is 64.1 Å². The van der Waals surface area contributed by atoms with Crippen molar-refractivity contribution in [1.82, 2.24) is 14.8 Å². The molecule has 1 aromatic rings. The maximum absolute atomic E-state index is 12.4. The van der Waals surface area contributed by atoms with Crippen molar-refractivity contribution >= 4 is 17.2 Å². The van der Waals surface area contributed by atoms with Gasteiger partial charge in [0.25, 0.3) is 0 Å². The van der Waals surface area contributed by atoms with Crippen LogP contribution in [0.1, 0.15) is 36.9 Å². The van der Waals surface area contributed by atoms with Crippen molar-refractivity contribution < 1.29 is 9.90 Å². The molecule has 1 amide bonds. The van der Waals surface area contributed by atoms with Gasteiger partial charge in [-0.1, -0.05) is 6.92 Å². The fraction of sp³-hybridized carbons (Fsp3) is 0.750. The Bertz CT molecular complexity index is 511. The van der Waals surface area contributed by atoms with Gasteiger partial charge in [-0.25, -0.2) is 4.98 Å². The van der Waals surface area contributed by atoms with E-state index in [0.717, 1.165) is 62.6 Å². The van der Waals surface area contributed by atoms with Crippen molar-refractivity contribution in [3.8, 4) is 0 Å². The fourth-order valence-corrected chi connectivity index (χ4v) is 4.25. The summed E-state index contributed by atoms with van der Waals surface area (Å²) in [5.74, 6) is 0.180. The van der Waals surface area contributed by atoms with Crippen molar-refractivity contribution in [3.05, 3.63) is 16.1 Å². The summed E-state index contributed by atoms with van der Waals surface area (Å²) in [4.78, 5) is 21.2. The number of aliphatic hydroxyl groups is 1. The Morgan fingerprint density at radius 1 is 1.36 bits per heavy atom. The molecule has 0 unspecified atom stereocenters. The van der Waals surface area contributed by atoms with E-state index in [9.17, 15) is 9.90 Å². The van der Waals surface area contributed by atoms with Gasteiger partial charge in [0, 0.05) is 37.6 Å². The number of hydrogen-bond donors (Lipinski definition) is 1. The second-order valence-electron chi connectivity index (χ2n) is 6.25. The molecule has 1 aromatic heterocycles. The molecule has 2 aliphatic rings. The maximum Gasteiger partial charge on any atom is 0.228 e. The van der Waals surface area contributed by atoms with Crippen molar-refractivity contribution in [2.45, 2.75) is 51.2 Å². The van der Waals surface area contributed by atoms with Crippen LogP contribution < -0.4 is 0 Å². The van der Waals surface area contributed by atoms with Crippen molar-refractivity contribution in [2.24, 2.45) is 0 Å². The summed E-state index contributed by atoms with van der Waals surface area (Å²) in [7, 11) is 0. The average molecular weight is 323 g/mol. The smallest absolute Gasteiger partial charge is 0.228 e. The standard InChI is InChI=1S/C16H25N3O2S/c1-2-15-17-12(11-22-15)10-16(21)19-8-6-18(7-9-19)13-4-3-5-14(13)20/h11,13-14,20H,2-10H2,1H3/t13-,14+/m0/s1. The van der Waals surface area contributed by atoms with Crippen LogP contribution in [0.25, 0.3) is 0 Å². The molecule has 1 aliphatic carbocycles. The molecule has 2 fully saturated rings. The van der Waals surface area contributed by atoms with E-state index in [2.05, 4.69) is 16.8 Å². The van der Waals surface area contributed by atoms with Crippen molar-refractivity contribution in [1.29, 1.82) is 0 Å². The number of aromatic nitrogens is 1. The Kier molecular flexibility index (Phi) is 5.10. The van der Waals surface area contributed by atoms with E-state index in [4.69, 9.17) is 0 Å². The fourth-order valence-electron chi connectivity index (χ4n) is 3.51. The van der Waals surface area contributed by atoms with Gasteiger partial charge in [-0.2, -0.15) is 0 Å². The predicted octanol–water partition coefficient (Wildman–Crippen LogP) is 1.31. The summed E-state index contributed by atoms with van der Waals surface area (Å²) in [6, 6.07) is 0.308. The minimum absolute atomic E-state index is 0.176. The lowest BCUT2D eigenvalue weighted by molar-refractivity contribution is -0.132. The molecular formula is C16H25N3O2S. The molecule has 122 valence electrons. The lowest BCUT2D eigenvalue weighted by atomic mass is 10.1. The number of hydrogen-bond acceptors (Lipinski definition) is 5. The number of thiazole rings is 1. The number of aliphatic hydroxyl groups excluding tert-OH is 1. The third-order valence-corrected chi connectivity index (χ3v) is 5.86. The summed E-state index contributed by atoms with van der Waals surface area (Å²) in [6.45, 7) is 5.39. The summed E-state index contributed by atoms with van der Waals surface area (Å²) in [5, 5.41) is 13.1. The zero-order valence-corrected chi connectivity index (χ0v) is 14.0. The Labute approximate surface area is 135 Å². The van der Waals surface area contributed by atoms with Crippen LogP contribution in [0.2, 0.25) is 0 Å². The number of piperazine rings is 1. The van der Waals surface area contributed by atoms with Gasteiger partial charge in [-0.15, -0.1) is 11.3 Å². The zero-order valence-electron chi connectivity index (χ0n) is 13.2. The number of aryl methyl sites for hydroxylation is 1. The highest BCUT2D eigenvalue weighted by molar-refractivity contribution is 7.09. The predicted molar refractivity (Wildman–Crippen MR) is 87.0 cm³/mol. The molecule has 1 saturated carbocycles. The largest absolute Gasteiger partial charge is 0.391 e. The van der Waals surface area contributed by atoms with E-state index in [1.165, 1.54) is 0 Å². The molecule has 2 heterocycles. The maximum atomic E-state index is 12.4. The first-order chi connectivity index (χ1) is 10.7. The van der Waals surface area contributed by atoms with Gasteiger partial charge < -0.3 is 10.0 Å². The minimum Gasteiger partial charge on any atom is -0.391 e. The summed E-state index contributed by atoms with van der Waals surface area (Å²) in [6.07, 6.45) is 4.31. The minimum atomic E-state index is -0.176. The first kappa shape index (κ1) is 15.9. The van der Waals surface area contributed by atoms with Gasteiger partial charge in [0.1, 0.15) is 0 Å². The zero-order chi connectivity index (χ0) is 15.5. The molecular weight excluding hydrogens is 298 g/mol. The van der Waals surface area contributed by atoms with Crippen LogP contribution in [0.3, 0.4) is 0 Å². The highest BCUT2D eigenvalue weighted by atomic mass is 32.1. The Hall–Kier alpha value is -0.980. The van der Waals surface area contributed by atoms with E-state index >= 15 is 0 Å². The van der Waals surface area contributed by atoms with Crippen LogP contribution in [0.15, 0.2) is 5.38 Å². The summed E-state index contributed by atoms with van der Waals surface area (Å²) >= 11 is 1.64. The Morgan fingerprint density at radius 2 is 2.14 bits per heavy atom. The van der Waals surface area contributed by atoms with Gasteiger partial charge in [0.15, 0.2) is 0 Å². The molecule has 1 saturated heterocycles. The molecule has 6 heteroatoms. The van der Waals surface area contributed by atoms with E-state index in [-0.39, 0.29) is 12.0 Å². The summed E-state index contributed by atoms with van der Waals surface area (Å²) < 4.78 is 0. The highest BCUT2D eigenvalue weighted by Crippen LogP contribution is 2.25. The third-order valence-electron chi connectivity index (χ3n) is 4.81. The molecule has 22 heavy (non-hydrogen) atoms. The number of carbonyl (C=O) groups excluding carboxylic acids is 1. The first-order valence-corrected chi connectivity index (χ1v) is 9.18. The average Bonchev–Trinajstić information content (AvgIpc) is 3.16. The van der Waals surface area contributed by atoms with Gasteiger partial charge >= 0.3 is 0 Å². The van der Waals surface area contributed by atoms with E-state index < -0.39 is 0 Å². The highest BCUT2D eigenvalue weighted by Gasteiger charge is 2.33. The molecule has 3 rings (SSSR count). The number of nitrogens with zero attached hydrogens (tertiary/aromatic N) is 3. The lowest BCUT2D eigenvalue weighted by Crippen LogP contribution is -2.53. The third kappa shape index (κ3) is 3.50. The first-order valence-electron chi connectivity index (χ1n) is 8.30. The molecule has 1 aliphatic heterocycles. The van der Waals surface area contributed by atoms with Gasteiger partial charge in [-0.3, -0.25) is 9.69 Å². The normalized spacial score (nSPS) is 26.5. The summed E-state index contributed by atoms with van der Waals surface area (Å²) in [5.41, 5.74) is 0.903. The van der Waals surface area contributed by atoms with Crippen molar-refractivity contribution in [3.63, 3.8) is 0 Å². The van der Waals surface area contributed by atoms with Crippen LogP contribution in [0.4, 0.5) is 0 Å². The second-order valence-corrected chi connectivity index (χ2v) is 7.19. The van der Waals surface area contributed by atoms with E-state index in [0.29, 0.717) is 12.5 Å². The van der Waals surface area contributed by atoms with Gasteiger partial charge in [-0.05, 0) is 25.7 Å². The van der Waals surface area contributed by atoms with E-state index in [1.54, 1.807) is 11.3 Å². The number of rotatable bonds is 4. The van der Waals surface area contributed by atoms with Crippen LogP contribution in [0, 0.1) is 0 Å². The topological polar surface area (TPSA) is 56.7 Å². The Balaban J connectivity index is 1.49. The molecule has 0 radical (unpaired) electrons. The van der Waals surface area contributed by atoms with Crippen LogP contribution in [0.5, 0.6) is 0 Å². The second kappa shape index (κ2) is 7.06. The van der Waals surface area contributed by atoms with Gasteiger partial charge in [0.05, 0.1) is 23.2 Å². The van der Waals surface area contributed by atoms with Gasteiger partial charge in [0.2, 0.25) is 5.91 Å². The lowest BCUT2D eigenvalue weighted by Gasteiger charge is -2.39. The van der Waals surface area contributed by atoms with Crippen LogP contribution >= 0.6 is 11.3 Å². The van der Waals surface area contributed by atoms with E-state index in [1.807, 2.05) is 10.3 Å². The number of carbonyl (C=O) groups is 1. The molecule has 2 atom stereocenters. The Morgan fingerprint density at radius 3 is 2.73 bits per heavy atom. The number of amides is 1. The molecule has 5 nitrogen and oxygen atoms in total. The quantitative estimate of drug-likeness (QED) is 0.907.